The number of hydrogen-bond acceptors (Lipinski definition) is 2. The second-order valence-electron chi connectivity index (χ2n) is 4.04. The number of benzene rings is 1. The van der Waals surface area contributed by atoms with Gasteiger partial charge in [-0.1, -0.05) is 29.3 Å². The minimum absolute atomic E-state index is 0.525. The number of aromatic nitrogens is 3. The molecule has 1 N–H and O–H groups in total. The lowest BCUT2D eigenvalue weighted by Gasteiger charge is -1.99. The van der Waals surface area contributed by atoms with E-state index in [0.29, 0.717) is 10.0 Å². The van der Waals surface area contributed by atoms with E-state index in [0.717, 1.165) is 22.5 Å². The summed E-state index contributed by atoms with van der Waals surface area (Å²) in [5, 5.41) is 8.33. The number of nitrogens with zero attached hydrogens (tertiary/aromatic N) is 2. The van der Waals surface area contributed by atoms with Crippen molar-refractivity contribution < 1.29 is 0 Å². The monoisotopic (exact) mass is 289 g/mol. The highest BCUT2D eigenvalue weighted by atomic mass is 35.5. The molecule has 0 bridgehead atoms. The first kappa shape index (κ1) is 12.2. The van der Waals surface area contributed by atoms with Crippen LogP contribution in [0.15, 0.2) is 48.8 Å². The highest BCUT2D eigenvalue weighted by molar-refractivity contribution is 6.42. The Hall–Kier alpha value is -1.84. The fourth-order valence-corrected chi connectivity index (χ4v) is 2.09. The van der Waals surface area contributed by atoms with Crippen LogP contribution in [0.1, 0.15) is 0 Å². The molecule has 5 heteroatoms. The van der Waals surface area contributed by atoms with E-state index in [1.54, 1.807) is 18.5 Å². The SMILES string of the molecule is Clc1ccc(-c2cc(-c3cccnc3)n[nH]2)cc1Cl. The van der Waals surface area contributed by atoms with Crippen LogP contribution in [0.25, 0.3) is 22.5 Å². The van der Waals surface area contributed by atoms with Gasteiger partial charge in [0.15, 0.2) is 0 Å². The van der Waals surface area contributed by atoms with Gasteiger partial charge in [0, 0.05) is 23.5 Å². The summed E-state index contributed by atoms with van der Waals surface area (Å²) in [7, 11) is 0. The summed E-state index contributed by atoms with van der Waals surface area (Å²) in [6.45, 7) is 0. The first-order valence-corrected chi connectivity index (χ1v) is 6.41. The third-order valence-electron chi connectivity index (χ3n) is 2.77. The summed E-state index contributed by atoms with van der Waals surface area (Å²) in [5.74, 6) is 0. The smallest absolute Gasteiger partial charge is 0.0942 e. The van der Waals surface area contributed by atoms with Gasteiger partial charge in [0.05, 0.1) is 21.4 Å². The summed E-state index contributed by atoms with van der Waals surface area (Å²) in [5.41, 5.74) is 3.63. The van der Waals surface area contributed by atoms with Crippen molar-refractivity contribution in [3.63, 3.8) is 0 Å². The maximum atomic E-state index is 6.01. The largest absolute Gasteiger partial charge is 0.277 e. The molecule has 0 saturated carbocycles. The van der Waals surface area contributed by atoms with Gasteiger partial charge < -0.3 is 0 Å². The van der Waals surface area contributed by atoms with E-state index in [-0.39, 0.29) is 0 Å². The molecule has 3 nitrogen and oxygen atoms in total. The molecule has 0 aliphatic rings. The van der Waals surface area contributed by atoms with Crippen LogP contribution >= 0.6 is 23.2 Å². The quantitative estimate of drug-likeness (QED) is 0.757. The van der Waals surface area contributed by atoms with Crippen LogP contribution in [0.5, 0.6) is 0 Å². The van der Waals surface area contributed by atoms with Gasteiger partial charge in [-0.25, -0.2) is 0 Å². The topological polar surface area (TPSA) is 41.6 Å². The van der Waals surface area contributed by atoms with Gasteiger partial charge in [0.2, 0.25) is 0 Å². The Balaban J connectivity index is 1.99. The second kappa shape index (κ2) is 5.03. The van der Waals surface area contributed by atoms with Crippen molar-refractivity contribution in [3.8, 4) is 22.5 Å². The van der Waals surface area contributed by atoms with E-state index in [9.17, 15) is 0 Å². The third-order valence-corrected chi connectivity index (χ3v) is 3.50. The van der Waals surface area contributed by atoms with Crippen LogP contribution < -0.4 is 0 Å². The molecule has 0 atom stereocenters. The molecule has 0 fully saturated rings. The number of aromatic amines is 1. The molecule has 19 heavy (non-hydrogen) atoms. The molecule has 0 unspecified atom stereocenters. The second-order valence-corrected chi connectivity index (χ2v) is 4.85. The highest BCUT2D eigenvalue weighted by Crippen LogP contribution is 2.29. The van der Waals surface area contributed by atoms with Crippen LogP contribution in [0.4, 0.5) is 0 Å². The average Bonchev–Trinajstić information content (AvgIpc) is 2.93. The Morgan fingerprint density at radius 2 is 1.84 bits per heavy atom. The Kier molecular flexibility index (Phi) is 3.23. The molecule has 0 spiro atoms. The normalized spacial score (nSPS) is 10.6. The Morgan fingerprint density at radius 3 is 2.58 bits per heavy atom. The van der Waals surface area contributed by atoms with Crippen LogP contribution in [-0.2, 0) is 0 Å². The summed E-state index contributed by atoms with van der Waals surface area (Å²) in [4.78, 5) is 4.08. The number of rotatable bonds is 2. The molecular formula is C14H9Cl2N3. The van der Waals surface area contributed by atoms with Crippen molar-refractivity contribution in [1.82, 2.24) is 15.2 Å². The molecule has 0 aliphatic heterocycles. The molecule has 3 rings (SSSR count). The zero-order valence-electron chi connectivity index (χ0n) is 9.77. The first-order chi connectivity index (χ1) is 9.24. The fraction of sp³-hybridized carbons (Fsp3) is 0. The molecule has 2 aromatic heterocycles. The Bertz CT molecular complexity index is 708. The Labute approximate surface area is 120 Å². The molecular weight excluding hydrogens is 281 g/mol. The zero-order chi connectivity index (χ0) is 13.2. The van der Waals surface area contributed by atoms with Crippen molar-refractivity contribution in [1.29, 1.82) is 0 Å². The lowest BCUT2D eigenvalue weighted by atomic mass is 10.1. The first-order valence-electron chi connectivity index (χ1n) is 5.65. The summed E-state index contributed by atoms with van der Waals surface area (Å²) >= 11 is 11.9. The van der Waals surface area contributed by atoms with E-state index in [1.165, 1.54) is 0 Å². The lowest BCUT2D eigenvalue weighted by molar-refractivity contribution is 1.10. The number of halogens is 2. The van der Waals surface area contributed by atoms with Crippen molar-refractivity contribution in [2.75, 3.05) is 0 Å². The standard InChI is InChI=1S/C14H9Cl2N3/c15-11-4-3-9(6-12(11)16)13-7-14(19-18-13)10-2-1-5-17-8-10/h1-8H,(H,18,19). The number of nitrogens with one attached hydrogen (secondary N) is 1. The maximum Gasteiger partial charge on any atom is 0.0942 e. The van der Waals surface area contributed by atoms with E-state index in [2.05, 4.69) is 15.2 Å². The van der Waals surface area contributed by atoms with Crippen LogP contribution in [0.2, 0.25) is 10.0 Å². The number of pyridine rings is 1. The zero-order valence-corrected chi connectivity index (χ0v) is 11.3. The Morgan fingerprint density at radius 1 is 0.947 bits per heavy atom. The van der Waals surface area contributed by atoms with Crippen LogP contribution in [-0.4, -0.2) is 15.2 Å². The summed E-state index contributed by atoms with van der Waals surface area (Å²) < 4.78 is 0. The number of H-pyrrole nitrogens is 1. The van der Waals surface area contributed by atoms with Crippen molar-refractivity contribution >= 4 is 23.2 Å². The average molecular weight is 290 g/mol. The molecule has 0 saturated heterocycles. The molecule has 0 amide bonds. The minimum Gasteiger partial charge on any atom is -0.277 e. The van der Waals surface area contributed by atoms with E-state index in [1.807, 2.05) is 30.3 Å². The van der Waals surface area contributed by atoms with E-state index >= 15 is 0 Å². The molecule has 1 aromatic carbocycles. The van der Waals surface area contributed by atoms with Crippen LogP contribution in [0.3, 0.4) is 0 Å². The van der Waals surface area contributed by atoms with Crippen molar-refractivity contribution in [2.24, 2.45) is 0 Å². The molecule has 2 heterocycles. The third kappa shape index (κ3) is 2.48. The van der Waals surface area contributed by atoms with E-state index in [4.69, 9.17) is 23.2 Å². The number of hydrogen-bond donors (Lipinski definition) is 1. The van der Waals surface area contributed by atoms with Gasteiger partial charge in [0.1, 0.15) is 0 Å². The molecule has 0 aliphatic carbocycles. The lowest BCUT2D eigenvalue weighted by Crippen LogP contribution is -1.78. The minimum atomic E-state index is 0.525. The van der Waals surface area contributed by atoms with Crippen molar-refractivity contribution in [2.45, 2.75) is 0 Å². The maximum absolute atomic E-state index is 6.01. The van der Waals surface area contributed by atoms with Crippen LogP contribution in [0, 0.1) is 0 Å². The summed E-state index contributed by atoms with van der Waals surface area (Å²) in [6, 6.07) is 11.3. The van der Waals surface area contributed by atoms with Gasteiger partial charge in [-0.3, -0.25) is 10.1 Å². The molecule has 3 aromatic rings. The highest BCUT2D eigenvalue weighted by Gasteiger charge is 2.07. The van der Waals surface area contributed by atoms with E-state index < -0.39 is 0 Å². The van der Waals surface area contributed by atoms with Gasteiger partial charge in [-0.2, -0.15) is 5.10 Å². The van der Waals surface area contributed by atoms with Gasteiger partial charge in [-0.05, 0) is 30.3 Å². The van der Waals surface area contributed by atoms with Gasteiger partial charge in [0.25, 0.3) is 0 Å². The van der Waals surface area contributed by atoms with Gasteiger partial charge >= 0.3 is 0 Å². The fourth-order valence-electron chi connectivity index (χ4n) is 1.80. The summed E-state index contributed by atoms with van der Waals surface area (Å²) in [6.07, 6.45) is 3.50. The predicted octanol–water partition coefficient (Wildman–Crippen LogP) is 4.45. The van der Waals surface area contributed by atoms with Crippen molar-refractivity contribution in [3.05, 3.63) is 58.8 Å². The predicted molar refractivity (Wildman–Crippen MR) is 77.3 cm³/mol. The van der Waals surface area contributed by atoms with Gasteiger partial charge in [-0.15, -0.1) is 0 Å². The molecule has 0 radical (unpaired) electrons. The molecule has 94 valence electrons.